The van der Waals surface area contributed by atoms with Gasteiger partial charge >= 0.3 is 0 Å². The first-order valence-corrected chi connectivity index (χ1v) is 9.31. The van der Waals surface area contributed by atoms with Crippen molar-refractivity contribution in [3.8, 4) is 0 Å². The Morgan fingerprint density at radius 3 is 2.67 bits per heavy atom. The molecule has 0 saturated carbocycles. The first-order valence-electron chi connectivity index (χ1n) is 9.31. The SMILES string of the molecule is CCn1nc(C)c(NC(=O)CN2CC(N3CCCC[C@H]3C)C2)c1C. The third-order valence-electron chi connectivity index (χ3n) is 5.57. The Bertz CT molecular complexity index is 590. The molecule has 1 aromatic heterocycles. The Kier molecular flexibility index (Phi) is 5.25. The zero-order chi connectivity index (χ0) is 17.3. The summed E-state index contributed by atoms with van der Waals surface area (Å²) in [6, 6.07) is 1.34. The van der Waals surface area contributed by atoms with Crippen molar-refractivity contribution in [1.29, 1.82) is 0 Å². The van der Waals surface area contributed by atoms with Crippen molar-refractivity contribution in [3.05, 3.63) is 11.4 Å². The number of carbonyl (C=O) groups is 1. The number of piperidine rings is 1. The predicted octanol–water partition coefficient (Wildman–Crippen LogP) is 2.02. The van der Waals surface area contributed by atoms with Crippen LogP contribution in [0, 0.1) is 13.8 Å². The van der Waals surface area contributed by atoms with E-state index >= 15 is 0 Å². The molecule has 1 N–H and O–H groups in total. The van der Waals surface area contributed by atoms with Crippen molar-refractivity contribution in [2.45, 2.75) is 65.6 Å². The van der Waals surface area contributed by atoms with E-state index in [-0.39, 0.29) is 5.91 Å². The lowest BCUT2D eigenvalue weighted by Gasteiger charge is -2.49. The molecular weight excluding hydrogens is 302 g/mol. The quantitative estimate of drug-likeness (QED) is 0.896. The lowest BCUT2D eigenvalue weighted by Crippen LogP contribution is -2.63. The molecule has 6 heteroatoms. The molecule has 0 radical (unpaired) electrons. The van der Waals surface area contributed by atoms with Crippen LogP contribution in [0.5, 0.6) is 0 Å². The van der Waals surface area contributed by atoms with Gasteiger partial charge in [0.1, 0.15) is 0 Å². The smallest absolute Gasteiger partial charge is 0.238 e. The number of carbonyl (C=O) groups excluding carboxylic acids is 1. The van der Waals surface area contributed by atoms with Gasteiger partial charge in [-0.2, -0.15) is 5.10 Å². The van der Waals surface area contributed by atoms with Gasteiger partial charge in [-0.25, -0.2) is 0 Å². The van der Waals surface area contributed by atoms with Crippen LogP contribution < -0.4 is 5.32 Å². The highest BCUT2D eigenvalue weighted by Crippen LogP contribution is 2.24. The van der Waals surface area contributed by atoms with E-state index in [1.165, 1.54) is 25.8 Å². The normalized spacial score (nSPS) is 23.2. The zero-order valence-electron chi connectivity index (χ0n) is 15.5. The van der Waals surface area contributed by atoms with Crippen molar-refractivity contribution in [1.82, 2.24) is 19.6 Å². The highest BCUT2D eigenvalue weighted by molar-refractivity contribution is 5.93. The van der Waals surface area contributed by atoms with Gasteiger partial charge in [0.25, 0.3) is 0 Å². The van der Waals surface area contributed by atoms with Crippen molar-refractivity contribution >= 4 is 11.6 Å². The standard InChI is InChI=1S/C18H31N5O/c1-5-23-15(4)18(14(3)20-23)19-17(24)12-21-10-16(11-21)22-9-7-6-8-13(22)2/h13,16H,5-12H2,1-4H3,(H,19,24)/t13-/m1/s1. The lowest BCUT2D eigenvalue weighted by atomic mass is 9.97. The maximum atomic E-state index is 12.4. The van der Waals surface area contributed by atoms with E-state index in [4.69, 9.17) is 0 Å². The van der Waals surface area contributed by atoms with Gasteiger partial charge in [-0.1, -0.05) is 6.42 Å². The van der Waals surface area contributed by atoms with E-state index in [1.54, 1.807) is 0 Å². The van der Waals surface area contributed by atoms with Crippen molar-refractivity contribution in [3.63, 3.8) is 0 Å². The Hall–Kier alpha value is -1.40. The number of likely N-dealkylation sites (tertiary alicyclic amines) is 2. The van der Waals surface area contributed by atoms with Gasteiger partial charge < -0.3 is 5.32 Å². The molecule has 0 aromatic carbocycles. The molecule has 6 nitrogen and oxygen atoms in total. The summed E-state index contributed by atoms with van der Waals surface area (Å²) in [6.07, 6.45) is 4.00. The largest absolute Gasteiger partial charge is 0.322 e. The number of nitrogens with zero attached hydrogens (tertiary/aromatic N) is 4. The summed E-state index contributed by atoms with van der Waals surface area (Å²) in [6.45, 7) is 12.9. The van der Waals surface area contributed by atoms with E-state index in [1.807, 2.05) is 18.5 Å². The van der Waals surface area contributed by atoms with Gasteiger partial charge in [-0.15, -0.1) is 0 Å². The summed E-state index contributed by atoms with van der Waals surface area (Å²) >= 11 is 0. The van der Waals surface area contributed by atoms with Gasteiger partial charge in [0, 0.05) is 31.7 Å². The molecule has 0 bridgehead atoms. The fourth-order valence-electron chi connectivity index (χ4n) is 4.11. The Labute approximate surface area is 145 Å². The van der Waals surface area contributed by atoms with E-state index in [0.717, 1.165) is 36.7 Å². The number of aryl methyl sites for hydroxylation is 2. The minimum absolute atomic E-state index is 0.0713. The molecule has 2 saturated heterocycles. The minimum atomic E-state index is 0.0713. The average molecular weight is 333 g/mol. The molecule has 24 heavy (non-hydrogen) atoms. The molecular formula is C18H31N5O. The van der Waals surface area contributed by atoms with Crippen LogP contribution in [-0.4, -0.2) is 63.8 Å². The average Bonchev–Trinajstić information content (AvgIpc) is 2.79. The molecule has 1 amide bonds. The third-order valence-corrected chi connectivity index (χ3v) is 5.57. The fraction of sp³-hybridized carbons (Fsp3) is 0.778. The second-order valence-electron chi connectivity index (χ2n) is 7.34. The van der Waals surface area contributed by atoms with Gasteiger partial charge in [0.2, 0.25) is 5.91 Å². The predicted molar refractivity (Wildman–Crippen MR) is 96.3 cm³/mol. The summed E-state index contributed by atoms with van der Waals surface area (Å²) in [5.74, 6) is 0.0713. The van der Waals surface area contributed by atoms with E-state index in [2.05, 4.69) is 34.1 Å². The zero-order valence-corrected chi connectivity index (χ0v) is 15.5. The molecule has 3 heterocycles. The first-order chi connectivity index (χ1) is 11.5. The molecule has 2 aliphatic heterocycles. The van der Waals surface area contributed by atoms with E-state index in [9.17, 15) is 4.79 Å². The molecule has 1 aromatic rings. The molecule has 1 atom stereocenters. The molecule has 0 aliphatic carbocycles. The highest BCUT2D eigenvalue weighted by atomic mass is 16.2. The molecule has 0 spiro atoms. The van der Waals surface area contributed by atoms with Crippen LogP contribution in [-0.2, 0) is 11.3 Å². The maximum Gasteiger partial charge on any atom is 0.238 e. The van der Waals surface area contributed by atoms with Crippen LogP contribution >= 0.6 is 0 Å². The first kappa shape index (κ1) is 17.4. The summed E-state index contributed by atoms with van der Waals surface area (Å²) in [7, 11) is 0. The summed E-state index contributed by atoms with van der Waals surface area (Å²) in [4.78, 5) is 17.2. The number of aromatic nitrogens is 2. The van der Waals surface area contributed by atoms with Crippen LogP contribution in [0.2, 0.25) is 0 Å². The number of nitrogens with one attached hydrogen (secondary N) is 1. The number of hydrogen-bond acceptors (Lipinski definition) is 4. The fourth-order valence-corrected chi connectivity index (χ4v) is 4.11. The van der Waals surface area contributed by atoms with Gasteiger partial charge in [0.15, 0.2) is 0 Å². The topological polar surface area (TPSA) is 53.4 Å². The van der Waals surface area contributed by atoms with Crippen molar-refractivity contribution < 1.29 is 4.79 Å². The van der Waals surface area contributed by atoms with Crippen LogP contribution in [0.4, 0.5) is 5.69 Å². The van der Waals surface area contributed by atoms with E-state index < -0.39 is 0 Å². The monoisotopic (exact) mass is 333 g/mol. The number of anilines is 1. The summed E-state index contributed by atoms with van der Waals surface area (Å²) < 4.78 is 1.93. The summed E-state index contributed by atoms with van der Waals surface area (Å²) in [5, 5.41) is 7.52. The van der Waals surface area contributed by atoms with Gasteiger partial charge in [0.05, 0.1) is 23.6 Å². The van der Waals surface area contributed by atoms with Crippen LogP contribution in [0.15, 0.2) is 0 Å². The maximum absolute atomic E-state index is 12.4. The molecule has 2 aliphatic rings. The Morgan fingerprint density at radius 1 is 1.29 bits per heavy atom. The number of rotatable bonds is 5. The second-order valence-corrected chi connectivity index (χ2v) is 7.34. The van der Waals surface area contributed by atoms with Crippen LogP contribution in [0.1, 0.15) is 44.5 Å². The molecule has 3 rings (SSSR count). The lowest BCUT2D eigenvalue weighted by molar-refractivity contribution is -0.119. The number of hydrogen-bond donors (Lipinski definition) is 1. The Morgan fingerprint density at radius 2 is 2.04 bits per heavy atom. The van der Waals surface area contributed by atoms with Crippen molar-refractivity contribution in [2.24, 2.45) is 0 Å². The minimum Gasteiger partial charge on any atom is -0.322 e. The molecule has 2 fully saturated rings. The Balaban J connectivity index is 1.48. The third kappa shape index (κ3) is 3.49. The summed E-state index contributed by atoms with van der Waals surface area (Å²) in [5.41, 5.74) is 2.81. The van der Waals surface area contributed by atoms with Gasteiger partial charge in [-0.3, -0.25) is 19.3 Å². The van der Waals surface area contributed by atoms with Crippen molar-refractivity contribution in [2.75, 3.05) is 31.5 Å². The second kappa shape index (κ2) is 7.23. The van der Waals surface area contributed by atoms with Crippen LogP contribution in [0.25, 0.3) is 0 Å². The molecule has 0 unspecified atom stereocenters. The van der Waals surface area contributed by atoms with E-state index in [0.29, 0.717) is 18.6 Å². The highest BCUT2D eigenvalue weighted by Gasteiger charge is 2.35. The number of amides is 1. The van der Waals surface area contributed by atoms with Crippen LogP contribution in [0.3, 0.4) is 0 Å². The van der Waals surface area contributed by atoms with Gasteiger partial charge in [-0.05, 0) is 47.1 Å². The molecule has 134 valence electrons.